The number of rotatable bonds is 8. The second kappa shape index (κ2) is 9.25. The Bertz CT molecular complexity index is 472. The molecule has 2 N–H and O–H groups in total. The number of alkyl halides is 3. The largest absolute Gasteiger partial charge is 0.471 e. The van der Waals surface area contributed by atoms with Gasteiger partial charge in [0, 0.05) is 6.61 Å². The molecule has 0 saturated carbocycles. The summed E-state index contributed by atoms with van der Waals surface area (Å²) in [6.45, 7) is 0.127. The van der Waals surface area contributed by atoms with Crippen molar-refractivity contribution in [1.29, 1.82) is 0 Å². The van der Waals surface area contributed by atoms with Gasteiger partial charge in [-0.15, -0.1) is 0 Å². The Morgan fingerprint density at radius 2 is 1.86 bits per heavy atom. The summed E-state index contributed by atoms with van der Waals surface area (Å²) < 4.78 is 37.2. The Kier molecular flexibility index (Phi) is 7.66. The molecule has 1 unspecified atom stereocenters. The number of benzene rings is 1. The van der Waals surface area contributed by atoms with Crippen LogP contribution in [0.25, 0.3) is 0 Å². The van der Waals surface area contributed by atoms with Crippen LogP contribution in [0, 0.1) is 0 Å². The zero-order chi connectivity index (χ0) is 16.4. The van der Waals surface area contributed by atoms with Gasteiger partial charge in [-0.2, -0.15) is 13.2 Å². The van der Waals surface area contributed by atoms with Crippen molar-refractivity contribution >= 4 is 5.91 Å². The van der Waals surface area contributed by atoms with Gasteiger partial charge in [0.15, 0.2) is 0 Å². The van der Waals surface area contributed by atoms with Gasteiger partial charge in [-0.25, -0.2) is 0 Å². The molecule has 0 radical (unpaired) electrons. The SMILES string of the molecule is O=C(NC(C/C=C/CCCCO)c1ccccc1)C(F)(F)F. The lowest BCUT2D eigenvalue weighted by Crippen LogP contribution is -2.39. The molecule has 1 atom stereocenters. The van der Waals surface area contributed by atoms with Gasteiger partial charge in [-0.05, 0) is 31.2 Å². The summed E-state index contributed by atoms with van der Waals surface area (Å²) in [4.78, 5) is 11.1. The van der Waals surface area contributed by atoms with Crippen LogP contribution in [0.3, 0.4) is 0 Å². The fraction of sp³-hybridized carbons (Fsp3) is 0.438. The summed E-state index contributed by atoms with van der Waals surface area (Å²) in [5.74, 6) is -1.94. The van der Waals surface area contributed by atoms with Gasteiger partial charge >= 0.3 is 12.1 Å². The molecule has 1 aromatic rings. The lowest BCUT2D eigenvalue weighted by molar-refractivity contribution is -0.174. The average Bonchev–Trinajstić information content (AvgIpc) is 2.49. The maximum atomic E-state index is 12.4. The maximum absolute atomic E-state index is 12.4. The van der Waals surface area contributed by atoms with E-state index in [-0.39, 0.29) is 13.0 Å². The maximum Gasteiger partial charge on any atom is 0.471 e. The molecule has 0 aliphatic heterocycles. The van der Waals surface area contributed by atoms with Crippen LogP contribution in [0.4, 0.5) is 13.2 Å². The van der Waals surface area contributed by atoms with E-state index in [1.807, 2.05) is 11.4 Å². The van der Waals surface area contributed by atoms with Crippen molar-refractivity contribution in [1.82, 2.24) is 5.32 Å². The van der Waals surface area contributed by atoms with E-state index in [1.165, 1.54) is 0 Å². The van der Waals surface area contributed by atoms with E-state index in [0.29, 0.717) is 12.0 Å². The monoisotopic (exact) mass is 315 g/mol. The third-order valence-corrected chi connectivity index (χ3v) is 3.08. The van der Waals surface area contributed by atoms with Gasteiger partial charge in [-0.3, -0.25) is 4.79 Å². The molecule has 0 heterocycles. The third kappa shape index (κ3) is 6.76. The van der Waals surface area contributed by atoms with Gasteiger partial charge < -0.3 is 10.4 Å². The Hall–Kier alpha value is -1.82. The van der Waals surface area contributed by atoms with E-state index in [1.54, 1.807) is 36.4 Å². The number of carbonyl (C=O) groups excluding carboxylic acids is 1. The third-order valence-electron chi connectivity index (χ3n) is 3.08. The van der Waals surface area contributed by atoms with Crippen molar-refractivity contribution in [2.45, 2.75) is 37.9 Å². The lowest BCUT2D eigenvalue weighted by atomic mass is 10.0. The van der Waals surface area contributed by atoms with Crippen molar-refractivity contribution < 1.29 is 23.1 Å². The van der Waals surface area contributed by atoms with Crippen molar-refractivity contribution in [2.24, 2.45) is 0 Å². The predicted octanol–water partition coefficient (Wildman–Crippen LogP) is 3.52. The van der Waals surface area contributed by atoms with Gasteiger partial charge in [0.2, 0.25) is 0 Å². The molecule has 0 saturated heterocycles. The highest BCUT2D eigenvalue weighted by Crippen LogP contribution is 2.21. The topological polar surface area (TPSA) is 49.3 Å². The molecule has 6 heteroatoms. The zero-order valence-corrected chi connectivity index (χ0v) is 12.1. The second-order valence-electron chi connectivity index (χ2n) is 4.86. The first-order valence-corrected chi connectivity index (χ1v) is 7.13. The number of unbranched alkanes of at least 4 members (excludes halogenated alkanes) is 2. The number of aliphatic hydroxyl groups excluding tert-OH is 1. The van der Waals surface area contributed by atoms with Gasteiger partial charge in [0.05, 0.1) is 6.04 Å². The summed E-state index contributed by atoms with van der Waals surface area (Å²) in [6.07, 6.45) is 1.25. The lowest BCUT2D eigenvalue weighted by Gasteiger charge is -2.18. The number of nitrogens with one attached hydrogen (secondary N) is 1. The molecule has 1 rings (SSSR count). The van der Waals surface area contributed by atoms with E-state index >= 15 is 0 Å². The predicted molar refractivity (Wildman–Crippen MR) is 78.1 cm³/mol. The highest BCUT2D eigenvalue weighted by atomic mass is 19.4. The highest BCUT2D eigenvalue weighted by Gasteiger charge is 2.39. The summed E-state index contributed by atoms with van der Waals surface area (Å²) >= 11 is 0. The summed E-state index contributed by atoms with van der Waals surface area (Å²) in [5, 5.41) is 10.7. The minimum atomic E-state index is -4.89. The minimum absolute atomic E-state index is 0.127. The molecule has 1 aromatic carbocycles. The number of amides is 1. The van der Waals surface area contributed by atoms with Gasteiger partial charge in [0.1, 0.15) is 0 Å². The number of hydrogen-bond acceptors (Lipinski definition) is 2. The van der Waals surface area contributed by atoms with Crippen molar-refractivity contribution in [3.8, 4) is 0 Å². The van der Waals surface area contributed by atoms with Crippen LogP contribution in [-0.2, 0) is 4.79 Å². The number of hydrogen-bond donors (Lipinski definition) is 2. The molecule has 1 amide bonds. The van der Waals surface area contributed by atoms with Crippen LogP contribution >= 0.6 is 0 Å². The number of aliphatic hydroxyl groups is 1. The molecule has 0 aromatic heterocycles. The zero-order valence-electron chi connectivity index (χ0n) is 12.1. The molecule has 122 valence electrons. The summed E-state index contributed by atoms with van der Waals surface area (Å²) in [5.41, 5.74) is 0.625. The number of allylic oxidation sites excluding steroid dienone is 1. The Balaban J connectivity index is 2.65. The van der Waals surface area contributed by atoms with Crippen LogP contribution in [0.15, 0.2) is 42.5 Å². The van der Waals surface area contributed by atoms with Crippen LogP contribution in [-0.4, -0.2) is 23.8 Å². The fourth-order valence-corrected chi connectivity index (χ4v) is 1.93. The van der Waals surface area contributed by atoms with E-state index in [2.05, 4.69) is 0 Å². The standard InChI is InChI=1S/C16H20F3NO2/c17-16(18,19)15(22)20-14(13-9-5-4-6-10-13)11-7-2-1-3-8-12-21/h2,4-7,9-10,14,21H,1,3,8,11-12H2,(H,20,22)/b7-2+. The first-order chi connectivity index (χ1) is 10.4. The van der Waals surface area contributed by atoms with Gasteiger partial charge in [-0.1, -0.05) is 42.5 Å². The average molecular weight is 315 g/mol. The molecule has 0 spiro atoms. The van der Waals surface area contributed by atoms with E-state index in [4.69, 9.17) is 5.11 Å². The molecular formula is C16H20F3NO2. The van der Waals surface area contributed by atoms with Gasteiger partial charge in [0.25, 0.3) is 0 Å². The first-order valence-electron chi connectivity index (χ1n) is 7.13. The summed E-state index contributed by atoms with van der Waals surface area (Å²) in [7, 11) is 0. The molecule has 22 heavy (non-hydrogen) atoms. The van der Waals surface area contributed by atoms with Crippen LogP contribution in [0.5, 0.6) is 0 Å². The molecule has 0 fully saturated rings. The first kappa shape index (κ1) is 18.2. The van der Waals surface area contributed by atoms with Crippen LogP contribution in [0.1, 0.15) is 37.3 Å². The minimum Gasteiger partial charge on any atom is -0.396 e. The van der Waals surface area contributed by atoms with Crippen molar-refractivity contribution in [3.05, 3.63) is 48.0 Å². The number of halogens is 3. The number of carbonyl (C=O) groups is 1. The smallest absolute Gasteiger partial charge is 0.396 e. The highest BCUT2D eigenvalue weighted by molar-refractivity contribution is 5.82. The fourth-order valence-electron chi connectivity index (χ4n) is 1.93. The van der Waals surface area contributed by atoms with Crippen molar-refractivity contribution in [3.63, 3.8) is 0 Å². The Morgan fingerprint density at radius 3 is 2.45 bits per heavy atom. The molecule has 3 nitrogen and oxygen atoms in total. The quantitative estimate of drug-likeness (QED) is 0.570. The van der Waals surface area contributed by atoms with Crippen LogP contribution < -0.4 is 5.32 Å². The second-order valence-corrected chi connectivity index (χ2v) is 4.86. The van der Waals surface area contributed by atoms with E-state index in [0.717, 1.165) is 12.8 Å². The van der Waals surface area contributed by atoms with Crippen molar-refractivity contribution in [2.75, 3.05) is 6.61 Å². The molecular weight excluding hydrogens is 295 g/mol. The van der Waals surface area contributed by atoms with E-state index < -0.39 is 18.1 Å². The molecule has 0 aliphatic carbocycles. The summed E-state index contributed by atoms with van der Waals surface area (Å²) in [6, 6.07) is 7.84. The Labute approximate surface area is 127 Å². The normalized spacial score (nSPS) is 13.3. The molecule has 0 bridgehead atoms. The Morgan fingerprint density at radius 1 is 1.18 bits per heavy atom. The molecule has 0 aliphatic rings. The van der Waals surface area contributed by atoms with Crippen LogP contribution in [0.2, 0.25) is 0 Å². The van der Waals surface area contributed by atoms with E-state index in [9.17, 15) is 18.0 Å².